The fourth-order valence-corrected chi connectivity index (χ4v) is 7.64. The van der Waals surface area contributed by atoms with E-state index < -0.39 is 8.32 Å². The van der Waals surface area contributed by atoms with E-state index in [-0.39, 0.29) is 5.04 Å². The minimum atomic E-state index is -2.36. The van der Waals surface area contributed by atoms with Gasteiger partial charge in [0.05, 0.1) is 0 Å². The molecule has 1 saturated heterocycles. The summed E-state index contributed by atoms with van der Waals surface area (Å²) in [6, 6.07) is 21.6. The maximum absolute atomic E-state index is 6.78. The third kappa shape index (κ3) is 2.65. The molecule has 3 rings (SSSR count). The molecule has 2 aromatic rings. The van der Waals surface area contributed by atoms with Gasteiger partial charge in [0.15, 0.2) is 0 Å². The van der Waals surface area contributed by atoms with Gasteiger partial charge in [0, 0.05) is 13.1 Å². The number of benzene rings is 2. The van der Waals surface area contributed by atoms with Crippen LogP contribution >= 0.6 is 0 Å². The molecule has 3 heteroatoms. The van der Waals surface area contributed by atoms with Crippen LogP contribution in [0.4, 0.5) is 0 Å². The Labute approximate surface area is 134 Å². The average Bonchev–Trinajstić information content (AvgIpc) is 2.47. The van der Waals surface area contributed by atoms with Crippen LogP contribution in [-0.4, -0.2) is 26.5 Å². The number of hydrogen-bond acceptors (Lipinski definition) is 2. The molecule has 0 aromatic heterocycles. The van der Waals surface area contributed by atoms with Gasteiger partial charge in [0.2, 0.25) is 0 Å². The Hall–Kier alpha value is -1.42. The molecule has 0 spiro atoms. The Morgan fingerprint density at radius 3 is 1.59 bits per heavy atom. The van der Waals surface area contributed by atoms with Gasteiger partial charge >= 0.3 is 0 Å². The van der Waals surface area contributed by atoms with E-state index >= 15 is 0 Å². The van der Waals surface area contributed by atoms with Crippen LogP contribution in [-0.2, 0) is 4.53 Å². The summed E-state index contributed by atoms with van der Waals surface area (Å²) in [5, 5.41) is 4.92. The summed E-state index contributed by atoms with van der Waals surface area (Å²) < 4.78 is 6.78. The minimum Gasteiger partial charge on any atom is -0.331 e. The Bertz CT molecular complexity index is 563. The van der Waals surface area contributed by atoms with Crippen LogP contribution in [0.1, 0.15) is 27.2 Å². The van der Waals surface area contributed by atoms with Crippen molar-refractivity contribution in [2.24, 2.45) is 0 Å². The zero-order valence-electron chi connectivity index (χ0n) is 13.8. The van der Waals surface area contributed by atoms with Gasteiger partial charge in [-0.25, -0.2) is 5.06 Å². The fraction of sp³-hybridized carbons (Fsp3) is 0.368. The van der Waals surface area contributed by atoms with Crippen LogP contribution in [0.3, 0.4) is 0 Å². The molecule has 0 bridgehead atoms. The van der Waals surface area contributed by atoms with Crippen molar-refractivity contribution in [1.29, 1.82) is 0 Å². The lowest BCUT2D eigenvalue weighted by atomic mass is 10.2. The molecule has 0 atom stereocenters. The number of nitrogens with zero attached hydrogens (tertiary/aromatic N) is 1. The first-order chi connectivity index (χ1) is 10.5. The van der Waals surface area contributed by atoms with Crippen LogP contribution in [0, 0.1) is 0 Å². The van der Waals surface area contributed by atoms with E-state index in [9.17, 15) is 0 Å². The first-order valence-electron chi connectivity index (χ1n) is 8.09. The van der Waals surface area contributed by atoms with Crippen molar-refractivity contribution in [3.63, 3.8) is 0 Å². The summed E-state index contributed by atoms with van der Waals surface area (Å²) in [6.45, 7) is 9.05. The molecule has 1 aliphatic rings. The zero-order chi connectivity index (χ0) is 15.6. The highest BCUT2D eigenvalue weighted by atomic mass is 28.4. The Kier molecular flexibility index (Phi) is 4.21. The third-order valence-corrected chi connectivity index (χ3v) is 9.44. The second kappa shape index (κ2) is 5.99. The summed E-state index contributed by atoms with van der Waals surface area (Å²) in [6.07, 6.45) is 1.23. The molecule has 0 aliphatic carbocycles. The van der Waals surface area contributed by atoms with E-state index in [2.05, 4.69) is 86.5 Å². The van der Waals surface area contributed by atoms with E-state index in [4.69, 9.17) is 4.53 Å². The van der Waals surface area contributed by atoms with Crippen molar-refractivity contribution < 1.29 is 4.53 Å². The van der Waals surface area contributed by atoms with Crippen molar-refractivity contribution in [1.82, 2.24) is 5.06 Å². The monoisotopic (exact) mass is 311 g/mol. The number of hydrogen-bond donors (Lipinski definition) is 0. The SMILES string of the molecule is CC(C)(C)[Si](ON1CCC1)(c1ccccc1)c1ccccc1. The van der Waals surface area contributed by atoms with Crippen molar-refractivity contribution >= 4 is 18.7 Å². The van der Waals surface area contributed by atoms with Gasteiger partial charge < -0.3 is 4.53 Å². The molecule has 2 aromatic carbocycles. The minimum absolute atomic E-state index is 0.0608. The Morgan fingerprint density at radius 2 is 1.27 bits per heavy atom. The van der Waals surface area contributed by atoms with Gasteiger partial charge in [0.25, 0.3) is 8.32 Å². The summed E-state index contributed by atoms with van der Waals surface area (Å²) in [4.78, 5) is 0. The quantitative estimate of drug-likeness (QED) is 0.804. The molecule has 0 unspecified atom stereocenters. The van der Waals surface area contributed by atoms with Crippen LogP contribution in [0.5, 0.6) is 0 Å². The lowest BCUT2D eigenvalue weighted by Crippen LogP contribution is -2.69. The van der Waals surface area contributed by atoms with Gasteiger partial charge in [-0.15, -0.1) is 0 Å². The van der Waals surface area contributed by atoms with E-state index in [1.54, 1.807) is 0 Å². The molecule has 116 valence electrons. The summed E-state index contributed by atoms with van der Waals surface area (Å²) in [5.74, 6) is 0. The molecule has 0 radical (unpaired) electrons. The average molecular weight is 312 g/mol. The highest BCUT2D eigenvalue weighted by Crippen LogP contribution is 2.37. The van der Waals surface area contributed by atoms with E-state index in [1.807, 2.05) is 0 Å². The highest BCUT2D eigenvalue weighted by molar-refractivity contribution is 6.99. The zero-order valence-corrected chi connectivity index (χ0v) is 14.8. The summed E-state index contributed by atoms with van der Waals surface area (Å²) >= 11 is 0. The molecule has 22 heavy (non-hydrogen) atoms. The van der Waals surface area contributed by atoms with Crippen LogP contribution in [0.25, 0.3) is 0 Å². The topological polar surface area (TPSA) is 12.5 Å². The van der Waals surface area contributed by atoms with Gasteiger partial charge in [-0.3, -0.25) is 0 Å². The van der Waals surface area contributed by atoms with Gasteiger partial charge in [-0.05, 0) is 21.8 Å². The van der Waals surface area contributed by atoms with Crippen molar-refractivity contribution in [3.8, 4) is 0 Å². The lowest BCUT2D eigenvalue weighted by molar-refractivity contribution is -0.117. The first kappa shape index (κ1) is 15.5. The Morgan fingerprint density at radius 1 is 0.818 bits per heavy atom. The molecule has 0 N–H and O–H groups in total. The van der Waals surface area contributed by atoms with Crippen molar-refractivity contribution in [2.45, 2.75) is 32.2 Å². The van der Waals surface area contributed by atoms with Crippen molar-refractivity contribution in [3.05, 3.63) is 60.7 Å². The predicted molar refractivity (Wildman–Crippen MR) is 94.9 cm³/mol. The largest absolute Gasteiger partial charge is 0.331 e. The maximum atomic E-state index is 6.78. The van der Waals surface area contributed by atoms with E-state index in [0.717, 1.165) is 13.1 Å². The van der Waals surface area contributed by atoms with Crippen LogP contribution in [0.15, 0.2) is 60.7 Å². The first-order valence-corrected chi connectivity index (χ1v) is 10.00. The molecule has 1 aliphatic heterocycles. The number of hydroxylamine groups is 2. The predicted octanol–water partition coefficient (Wildman–Crippen LogP) is 3.18. The molecular weight excluding hydrogens is 286 g/mol. The molecule has 1 heterocycles. The molecule has 0 amide bonds. The van der Waals surface area contributed by atoms with Gasteiger partial charge in [0.1, 0.15) is 0 Å². The van der Waals surface area contributed by atoms with Crippen molar-refractivity contribution in [2.75, 3.05) is 13.1 Å². The van der Waals surface area contributed by atoms with E-state index in [0.29, 0.717) is 0 Å². The summed E-state index contributed by atoms with van der Waals surface area (Å²) in [5.41, 5.74) is 0. The normalized spacial score (nSPS) is 16.3. The second-order valence-electron chi connectivity index (χ2n) is 7.04. The fourth-order valence-electron chi connectivity index (χ4n) is 3.19. The molecule has 0 saturated carbocycles. The Balaban J connectivity index is 2.17. The van der Waals surface area contributed by atoms with Gasteiger partial charge in [-0.1, -0.05) is 81.4 Å². The molecule has 2 nitrogen and oxygen atoms in total. The molecule has 1 fully saturated rings. The van der Waals surface area contributed by atoms with Gasteiger partial charge in [-0.2, -0.15) is 0 Å². The number of rotatable bonds is 4. The molecular formula is C19H25NOSi. The lowest BCUT2D eigenvalue weighted by Gasteiger charge is -2.47. The standard InChI is InChI=1S/C19H25NOSi/c1-19(2,3)22(21-20-15-10-16-20,17-11-6-4-7-12-17)18-13-8-5-9-14-18/h4-9,11-14H,10,15-16H2,1-3H3. The van der Waals surface area contributed by atoms with Crippen LogP contribution in [0.2, 0.25) is 5.04 Å². The van der Waals surface area contributed by atoms with E-state index in [1.165, 1.54) is 16.8 Å². The maximum Gasteiger partial charge on any atom is 0.287 e. The third-order valence-electron chi connectivity index (χ3n) is 4.50. The highest BCUT2D eigenvalue weighted by Gasteiger charge is 2.52. The summed E-state index contributed by atoms with van der Waals surface area (Å²) in [7, 11) is -2.36. The van der Waals surface area contributed by atoms with Crippen LogP contribution < -0.4 is 10.4 Å². The second-order valence-corrected chi connectivity index (χ2v) is 11.2. The smallest absolute Gasteiger partial charge is 0.287 e.